The molecular weight excluding hydrogens is 380 g/mol. The van der Waals surface area contributed by atoms with Crippen LogP contribution in [0.5, 0.6) is 0 Å². The second-order valence-corrected chi connectivity index (χ2v) is 7.52. The summed E-state index contributed by atoms with van der Waals surface area (Å²) >= 11 is 6.13. The lowest BCUT2D eigenvalue weighted by molar-refractivity contribution is -0.0307. The zero-order chi connectivity index (χ0) is 19.3. The van der Waals surface area contributed by atoms with Gasteiger partial charge in [0.05, 0.1) is 44.8 Å². The van der Waals surface area contributed by atoms with Crippen LogP contribution in [0.15, 0.2) is 47.1 Å². The lowest BCUT2D eigenvalue weighted by Crippen LogP contribution is -2.55. The molecule has 2 aromatic rings. The van der Waals surface area contributed by atoms with Crippen LogP contribution in [0.2, 0.25) is 5.02 Å². The molecular formula is C21H25ClN2O4. The van der Waals surface area contributed by atoms with Gasteiger partial charge in [0.15, 0.2) is 5.76 Å². The third-order valence-electron chi connectivity index (χ3n) is 5.42. The Balaban J connectivity index is 1.74. The molecule has 2 saturated heterocycles. The van der Waals surface area contributed by atoms with Gasteiger partial charge in [0.1, 0.15) is 0 Å². The van der Waals surface area contributed by atoms with Crippen LogP contribution in [-0.4, -0.2) is 74.2 Å². The molecule has 0 unspecified atom stereocenters. The van der Waals surface area contributed by atoms with Gasteiger partial charge < -0.3 is 13.9 Å². The van der Waals surface area contributed by atoms with Gasteiger partial charge in [0.25, 0.3) is 0 Å². The maximum Gasteiger partial charge on any atom is 0.216 e. The highest BCUT2D eigenvalue weighted by molar-refractivity contribution is 6.30. The van der Waals surface area contributed by atoms with E-state index in [1.807, 2.05) is 24.3 Å². The molecule has 2 aliphatic rings. The predicted molar refractivity (Wildman–Crippen MR) is 106 cm³/mol. The monoisotopic (exact) mass is 404 g/mol. The van der Waals surface area contributed by atoms with Crippen LogP contribution in [0.3, 0.4) is 0 Å². The standard InChI is InChI=1S/C21H25ClN2O4/c22-17-5-3-16(4-6-17)19(23-7-12-26-13-8-23)20(24-9-14-27-15-10-24)21(25)18-2-1-11-28-18/h1-6,11,19-20H,7-10,12-15H2/t19-,20-/m0/s1. The Morgan fingerprint density at radius 2 is 1.50 bits per heavy atom. The number of carbonyl (C=O) groups excluding carboxylic acids is 1. The summed E-state index contributed by atoms with van der Waals surface area (Å²) in [5, 5.41) is 0.685. The Morgan fingerprint density at radius 1 is 0.893 bits per heavy atom. The highest BCUT2D eigenvalue weighted by Gasteiger charge is 2.40. The molecule has 2 aliphatic heterocycles. The SMILES string of the molecule is O=C(c1ccco1)[C@H]([C@H](c1ccc(Cl)cc1)N1CCOCC1)N1CCOCC1. The lowest BCUT2D eigenvalue weighted by atomic mass is 9.91. The highest BCUT2D eigenvalue weighted by atomic mass is 35.5. The minimum absolute atomic E-state index is 0.00154. The summed E-state index contributed by atoms with van der Waals surface area (Å²) in [5.74, 6) is 0.391. The predicted octanol–water partition coefficient (Wildman–Crippen LogP) is 2.89. The van der Waals surface area contributed by atoms with Gasteiger partial charge in [-0.05, 0) is 29.8 Å². The number of carbonyl (C=O) groups is 1. The molecule has 0 N–H and O–H groups in total. The van der Waals surface area contributed by atoms with E-state index in [4.69, 9.17) is 25.5 Å². The van der Waals surface area contributed by atoms with Crippen LogP contribution >= 0.6 is 11.6 Å². The van der Waals surface area contributed by atoms with Crippen LogP contribution in [0.1, 0.15) is 22.2 Å². The number of ketones is 1. The minimum Gasteiger partial charge on any atom is -0.461 e. The van der Waals surface area contributed by atoms with Crippen LogP contribution in [0.25, 0.3) is 0 Å². The zero-order valence-electron chi connectivity index (χ0n) is 15.8. The summed E-state index contributed by atoms with van der Waals surface area (Å²) in [7, 11) is 0. The van der Waals surface area contributed by atoms with Gasteiger partial charge in [0.2, 0.25) is 5.78 Å². The molecule has 3 heterocycles. The Labute approximate surface area is 169 Å². The van der Waals surface area contributed by atoms with E-state index in [1.165, 1.54) is 0 Å². The van der Waals surface area contributed by atoms with Crippen molar-refractivity contribution < 1.29 is 18.7 Å². The van der Waals surface area contributed by atoms with Crippen molar-refractivity contribution in [2.24, 2.45) is 0 Å². The largest absolute Gasteiger partial charge is 0.461 e. The van der Waals surface area contributed by atoms with Gasteiger partial charge in [-0.15, -0.1) is 0 Å². The molecule has 0 radical (unpaired) electrons. The summed E-state index contributed by atoms with van der Waals surface area (Å²) < 4.78 is 16.6. The van der Waals surface area contributed by atoms with E-state index in [0.717, 1.165) is 18.7 Å². The quantitative estimate of drug-likeness (QED) is 0.690. The Hall–Kier alpha value is -1.70. The number of hydrogen-bond donors (Lipinski definition) is 0. The van der Waals surface area contributed by atoms with E-state index in [1.54, 1.807) is 18.4 Å². The number of Topliss-reactive ketones (excluding diaryl/α,β-unsaturated/α-hetero) is 1. The van der Waals surface area contributed by atoms with E-state index < -0.39 is 0 Å². The fourth-order valence-electron chi connectivity index (χ4n) is 4.04. The molecule has 0 amide bonds. The molecule has 1 aromatic carbocycles. The van der Waals surface area contributed by atoms with E-state index in [0.29, 0.717) is 50.3 Å². The number of benzene rings is 1. The summed E-state index contributed by atoms with van der Waals surface area (Å²) in [6.45, 7) is 5.55. The third kappa shape index (κ3) is 4.31. The molecule has 1 aromatic heterocycles. The van der Waals surface area contributed by atoms with Crippen molar-refractivity contribution in [1.29, 1.82) is 0 Å². The van der Waals surface area contributed by atoms with Crippen LogP contribution in [0, 0.1) is 0 Å². The summed E-state index contributed by atoms with van der Waals surface area (Å²) in [5.41, 5.74) is 1.07. The first kappa shape index (κ1) is 19.6. The number of ether oxygens (including phenoxy) is 2. The van der Waals surface area contributed by atoms with Crippen molar-refractivity contribution in [3.05, 3.63) is 59.0 Å². The molecule has 2 atom stereocenters. The van der Waals surface area contributed by atoms with Gasteiger partial charge in [-0.3, -0.25) is 14.6 Å². The molecule has 0 saturated carbocycles. The van der Waals surface area contributed by atoms with Crippen molar-refractivity contribution in [3.63, 3.8) is 0 Å². The average Bonchev–Trinajstić information content (AvgIpc) is 3.29. The molecule has 150 valence electrons. The third-order valence-corrected chi connectivity index (χ3v) is 5.67. The Morgan fingerprint density at radius 3 is 2.07 bits per heavy atom. The molecule has 2 fully saturated rings. The number of halogens is 1. The first-order valence-corrected chi connectivity index (χ1v) is 10.1. The topological polar surface area (TPSA) is 55.2 Å². The fourth-order valence-corrected chi connectivity index (χ4v) is 4.16. The van der Waals surface area contributed by atoms with Gasteiger partial charge in [-0.25, -0.2) is 0 Å². The van der Waals surface area contributed by atoms with Crippen molar-refractivity contribution in [1.82, 2.24) is 9.80 Å². The maximum absolute atomic E-state index is 13.6. The van der Waals surface area contributed by atoms with Crippen LogP contribution in [0.4, 0.5) is 0 Å². The molecule has 7 heteroatoms. The highest BCUT2D eigenvalue weighted by Crippen LogP contribution is 2.32. The second-order valence-electron chi connectivity index (χ2n) is 7.08. The normalized spacial score (nSPS) is 21.3. The number of morpholine rings is 2. The van der Waals surface area contributed by atoms with E-state index >= 15 is 0 Å². The van der Waals surface area contributed by atoms with Crippen molar-refractivity contribution in [2.45, 2.75) is 12.1 Å². The summed E-state index contributed by atoms with van der Waals surface area (Å²) in [6.07, 6.45) is 1.55. The summed E-state index contributed by atoms with van der Waals surface area (Å²) in [6, 6.07) is 10.8. The molecule has 0 bridgehead atoms. The molecule has 6 nitrogen and oxygen atoms in total. The first-order valence-electron chi connectivity index (χ1n) is 9.71. The second kappa shape index (κ2) is 9.20. The molecule has 28 heavy (non-hydrogen) atoms. The van der Waals surface area contributed by atoms with Crippen molar-refractivity contribution in [3.8, 4) is 0 Å². The smallest absolute Gasteiger partial charge is 0.216 e. The van der Waals surface area contributed by atoms with Crippen LogP contribution in [-0.2, 0) is 9.47 Å². The zero-order valence-corrected chi connectivity index (χ0v) is 16.5. The van der Waals surface area contributed by atoms with Crippen molar-refractivity contribution >= 4 is 17.4 Å². The van der Waals surface area contributed by atoms with E-state index in [2.05, 4.69) is 9.80 Å². The number of rotatable bonds is 6. The molecule has 0 spiro atoms. The number of furan rings is 1. The minimum atomic E-state index is -0.366. The van der Waals surface area contributed by atoms with Gasteiger partial charge in [-0.2, -0.15) is 0 Å². The van der Waals surface area contributed by atoms with E-state index in [9.17, 15) is 4.79 Å². The van der Waals surface area contributed by atoms with E-state index in [-0.39, 0.29) is 17.9 Å². The first-order chi connectivity index (χ1) is 13.7. The average molecular weight is 405 g/mol. The van der Waals surface area contributed by atoms with Gasteiger partial charge >= 0.3 is 0 Å². The fraction of sp³-hybridized carbons (Fsp3) is 0.476. The van der Waals surface area contributed by atoms with Crippen LogP contribution < -0.4 is 0 Å². The Bertz CT molecular complexity index is 753. The maximum atomic E-state index is 13.6. The summed E-state index contributed by atoms with van der Waals surface area (Å²) in [4.78, 5) is 18.1. The van der Waals surface area contributed by atoms with Gasteiger partial charge in [-0.1, -0.05) is 23.7 Å². The number of nitrogens with zero attached hydrogens (tertiary/aromatic N) is 2. The Kier molecular flexibility index (Phi) is 6.44. The van der Waals surface area contributed by atoms with Crippen molar-refractivity contribution in [2.75, 3.05) is 52.6 Å². The molecule has 0 aliphatic carbocycles. The van der Waals surface area contributed by atoms with Gasteiger partial charge in [0, 0.05) is 31.2 Å². The lowest BCUT2D eigenvalue weighted by Gasteiger charge is -2.44. The number of hydrogen-bond acceptors (Lipinski definition) is 6. The molecule has 4 rings (SSSR count).